The molecule has 0 spiro atoms. The lowest BCUT2D eigenvalue weighted by atomic mass is 10.2. The largest absolute Gasteiger partial charge is 0.462 e. The molecule has 2 rings (SSSR count). The average Bonchev–Trinajstić information content (AvgIpc) is 2.17. The fourth-order valence-corrected chi connectivity index (χ4v) is 1.17. The van der Waals surface area contributed by atoms with Gasteiger partial charge in [-0.25, -0.2) is 4.99 Å². The van der Waals surface area contributed by atoms with Crippen LogP contribution in [-0.4, -0.2) is 6.73 Å². The molecule has 0 amide bonds. The van der Waals surface area contributed by atoms with Crippen LogP contribution in [0.15, 0.2) is 29.3 Å². The van der Waals surface area contributed by atoms with Crippen LogP contribution in [0.5, 0.6) is 0 Å². The molecule has 1 aromatic carbocycles. The minimum atomic E-state index is 0.330. The van der Waals surface area contributed by atoms with Crippen LogP contribution in [0.25, 0.3) is 5.76 Å². The highest BCUT2D eigenvalue weighted by molar-refractivity contribution is 5.55. The molecule has 1 heterocycles. The summed E-state index contributed by atoms with van der Waals surface area (Å²) < 4.78 is 5.17. The summed E-state index contributed by atoms with van der Waals surface area (Å²) in [5.74, 6) is 3.08. The molecular formula is C10H7NO. The minimum absolute atomic E-state index is 0.330. The van der Waals surface area contributed by atoms with E-state index in [1.807, 2.05) is 24.3 Å². The Hall–Kier alpha value is -1.75. The first-order valence-corrected chi connectivity index (χ1v) is 3.65. The van der Waals surface area contributed by atoms with Gasteiger partial charge in [-0.3, -0.25) is 0 Å². The third-order valence-corrected chi connectivity index (χ3v) is 1.72. The number of terminal acetylenes is 1. The van der Waals surface area contributed by atoms with Crippen LogP contribution in [0.1, 0.15) is 0 Å². The van der Waals surface area contributed by atoms with Crippen LogP contribution in [0.2, 0.25) is 0 Å². The van der Waals surface area contributed by atoms with Crippen molar-refractivity contribution in [2.75, 3.05) is 6.73 Å². The van der Waals surface area contributed by atoms with Gasteiger partial charge in [0, 0.05) is 0 Å². The Bertz CT molecular complexity index is 453. The Labute approximate surface area is 70.2 Å². The highest BCUT2D eigenvalue weighted by Crippen LogP contribution is 1.95. The van der Waals surface area contributed by atoms with Gasteiger partial charge in [0.15, 0.2) is 12.5 Å². The van der Waals surface area contributed by atoms with Crippen LogP contribution in [-0.2, 0) is 4.74 Å². The summed E-state index contributed by atoms with van der Waals surface area (Å²) in [5.41, 5.74) is 0. The number of hydrogen-bond acceptors (Lipinski definition) is 2. The molecule has 0 bridgehead atoms. The van der Waals surface area contributed by atoms with E-state index in [9.17, 15) is 0 Å². The van der Waals surface area contributed by atoms with Gasteiger partial charge in [-0.2, -0.15) is 0 Å². The van der Waals surface area contributed by atoms with E-state index >= 15 is 0 Å². The van der Waals surface area contributed by atoms with E-state index in [2.05, 4.69) is 10.9 Å². The van der Waals surface area contributed by atoms with E-state index in [0.29, 0.717) is 12.5 Å². The van der Waals surface area contributed by atoms with Crippen LogP contribution in [0, 0.1) is 12.3 Å². The third-order valence-electron chi connectivity index (χ3n) is 1.72. The molecule has 0 N–H and O–H groups in total. The van der Waals surface area contributed by atoms with E-state index in [1.165, 1.54) is 0 Å². The molecule has 0 fully saturated rings. The van der Waals surface area contributed by atoms with Crippen LogP contribution in [0.3, 0.4) is 0 Å². The van der Waals surface area contributed by atoms with Crippen molar-refractivity contribution in [2.24, 2.45) is 4.99 Å². The molecule has 0 saturated heterocycles. The number of hydrogen-bond donors (Lipinski definition) is 0. The van der Waals surface area contributed by atoms with Gasteiger partial charge in [0.05, 0.1) is 10.6 Å². The smallest absolute Gasteiger partial charge is 0.181 e. The van der Waals surface area contributed by atoms with Crippen molar-refractivity contribution in [1.82, 2.24) is 0 Å². The van der Waals surface area contributed by atoms with Gasteiger partial charge in [0.25, 0.3) is 0 Å². The number of benzene rings is 1. The first-order valence-electron chi connectivity index (χ1n) is 3.65. The predicted octanol–water partition coefficient (Wildman–Crippen LogP) is 0.0353. The molecule has 12 heavy (non-hydrogen) atoms. The van der Waals surface area contributed by atoms with Gasteiger partial charge in [0.1, 0.15) is 0 Å². The zero-order valence-corrected chi connectivity index (χ0v) is 6.45. The summed E-state index contributed by atoms with van der Waals surface area (Å²) in [6.45, 7) is 0.330. The molecule has 2 nitrogen and oxygen atoms in total. The van der Waals surface area contributed by atoms with Crippen molar-refractivity contribution in [3.63, 3.8) is 0 Å². The van der Waals surface area contributed by atoms with Crippen LogP contribution >= 0.6 is 0 Å². The predicted molar refractivity (Wildman–Crippen MR) is 45.4 cm³/mol. The lowest BCUT2D eigenvalue weighted by Crippen LogP contribution is -2.31. The van der Waals surface area contributed by atoms with Gasteiger partial charge in [-0.05, 0) is 18.1 Å². The van der Waals surface area contributed by atoms with Gasteiger partial charge < -0.3 is 4.74 Å². The molecule has 2 heteroatoms. The van der Waals surface area contributed by atoms with Crippen LogP contribution in [0.4, 0.5) is 0 Å². The Kier molecular flexibility index (Phi) is 1.56. The summed E-state index contributed by atoms with van der Waals surface area (Å²) in [6.07, 6.45) is 5.26. The molecule has 58 valence electrons. The average molecular weight is 157 g/mol. The Morgan fingerprint density at radius 1 is 1.42 bits per heavy atom. The second kappa shape index (κ2) is 2.71. The normalized spacial score (nSPS) is 13.8. The highest BCUT2D eigenvalue weighted by Gasteiger charge is 2.01. The number of nitrogens with zero attached hydrogens (tertiary/aromatic N) is 1. The maximum absolute atomic E-state index is 5.26. The molecule has 1 aliphatic rings. The van der Waals surface area contributed by atoms with Crippen molar-refractivity contribution in [3.8, 4) is 12.3 Å². The first kappa shape index (κ1) is 6.93. The summed E-state index contributed by atoms with van der Waals surface area (Å²) in [5, 5.41) is 1.82. The quantitative estimate of drug-likeness (QED) is 0.487. The number of fused-ring (bicyclic) bond motifs is 1. The maximum atomic E-state index is 5.26. The lowest BCUT2D eigenvalue weighted by Gasteiger charge is -2.06. The zero-order valence-electron chi connectivity index (χ0n) is 6.45. The fraction of sp³-hybridized carbons (Fsp3) is 0.100. The Morgan fingerprint density at radius 3 is 3.08 bits per heavy atom. The van der Waals surface area contributed by atoms with Gasteiger partial charge in [-0.1, -0.05) is 12.1 Å². The molecular weight excluding hydrogens is 150 g/mol. The van der Waals surface area contributed by atoms with Crippen molar-refractivity contribution in [3.05, 3.63) is 34.8 Å². The summed E-state index contributed by atoms with van der Waals surface area (Å²) >= 11 is 0. The summed E-state index contributed by atoms with van der Waals surface area (Å²) in [4.78, 5) is 4.15. The molecule has 0 atom stereocenters. The maximum Gasteiger partial charge on any atom is 0.181 e. The van der Waals surface area contributed by atoms with Crippen molar-refractivity contribution < 1.29 is 4.74 Å². The fourth-order valence-electron chi connectivity index (χ4n) is 1.17. The number of rotatable bonds is 0. The molecule has 0 unspecified atom stereocenters. The first-order chi connectivity index (χ1) is 5.92. The molecule has 0 aliphatic carbocycles. The van der Waals surface area contributed by atoms with Crippen LogP contribution < -0.4 is 10.6 Å². The topological polar surface area (TPSA) is 21.6 Å². The SMILES string of the molecule is C#CC1=c2ccccc2=NCO1. The van der Waals surface area contributed by atoms with Crippen molar-refractivity contribution >= 4 is 5.76 Å². The second-order valence-corrected chi connectivity index (χ2v) is 2.42. The molecule has 0 saturated carbocycles. The van der Waals surface area contributed by atoms with E-state index in [4.69, 9.17) is 11.2 Å². The van der Waals surface area contributed by atoms with Gasteiger partial charge in [0.2, 0.25) is 0 Å². The zero-order chi connectivity index (χ0) is 8.39. The monoisotopic (exact) mass is 157 g/mol. The number of ether oxygens (including phenoxy) is 1. The molecule has 1 aromatic rings. The lowest BCUT2D eigenvalue weighted by molar-refractivity contribution is 0.281. The Morgan fingerprint density at radius 2 is 2.25 bits per heavy atom. The van der Waals surface area contributed by atoms with E-state index in [-0.39, 0.29) is 0 Å². The van der Waals surface area contributed by atoms with Gasteiger partial charge in [-0.15, -0.1) is 6.42 Å². The van der Waals surface area contributed by atoms with E-state index in [0.717, 1.165) is 10.6 Å². The van der Waals surface area contributed by atoms with Gasteiger partial charge >= 0.3 is 0 Å². The van der Waals surface area contributed by atoms with Crippen molar-refractivity contribution in [2.45, 2.75) is 0 Å². The third kappa shape index (κ3) is 0.960. The van der Waals surface area contributed by atoms with E-state index in [1.54, 1.807) is 0 Å². The summed E-state index contributed by atoms with van der Waals surface area (Å²) in [6, 6.07) is 7.69. The van der Waals surface area contributed by atoms with E-state index < -0.39 is 0 Å². The summed E-state index contributed by atoms with van der Waals surface area (Å²) in [7, 11) is 0. The number of para-hydroxylation sites is 1. The standard InChI is InChI=1S/C10H7NO/c1-2-10-8-5-3-4-6-9(8)11-7-12-10/h1,3-6H,7H2. The minimum Gasteiger partial charge on any atom is -0.462 e. The highest BCUT2D eigenvalue weighted by atomic mass is 16.5. The Balaban J connectivity index is 2.90. The molecule has 0 aromatic heterocycles. The van der Waals surface area contributed by atoms with Crippen molar-refractivity contribution in [1.29, 1.82) is 0 Å². The second-order valence-electron chi connectivity index (χ2n) is 2.42. The molecule has 0 radical (unpaired) electrons. The molecule has 1 aliphatic heterocycles.